The number of para-hydroxylation sites is 1. The van der Waals surface area contributed by atoms with E-state index in [1.54, 1.807) is 19.2 Å². The summed E-state index contributed by atoms with van der Waals surface area (Å²) in [5.41, 5.74) is 3.42. The standard InChI is InChI=1S/C24H19NO2/c1-27-23-12-5-4-11-22(23)24(26)25-21-10-6-9-19(16-21)20-14-13-17-7-2-3-8-18(17)15-20/h2-16H,1H3,(H,25,26). The van der Waals surface area contributed by atoms with Gasteiger partial charge < -0.3 is 10.1 Å². The molecule has 1 N–H and O–H groups in total. The van der Waals surface area contributed by atoms with Crippen LogP contribution < -0.4 is 10.1 Å². The Morgan fingerprint density at radius 3 is 2.33 bits per heavy atom. The molecule has 0 saturated carbocycles. The third-order valence-electron chi connectivity index (χ3n) is 4.55. The third-order valence-corrected chi connectivity index (χ3v) is 4.55. The van der Waals surface area contributed by atoms with E-state index >= 15 is 0 Å². The highest BCUT2D eigenvalue weighted by molar-refractivity contribution is 6.06. The lowest BCUT2D eigenvalue weighted by molar-refractivity contribution is 0.102. The number of amides is 1. The van der Waals surface area contributed by atoms with Gasteiger partial charge in [-0.3, -0.25) is 4.79 Å². The lowest BCUT2D eigenvalue weighted by atomic mass is 10.0. The summed E-state index contributed by atoms with van der Waals surface area (Å²) in [4.78, 5) is 12.6. The van der Waals surface area contributed by atoms with Gasteiger partial charge in [0.2, 0.25) is 0 Å². The molecule has 0 aliphatic heterocycles. The van der Waals surface area contributed by atoms with Gasteiger partial charge in [-0.05, 0) is 52.2 Å². The molecule has 4 aromatic rings. The number of methoxy groups -OCH3 is 1. The van der Waals surface area contributed by atoms with Gasteiger partial charge in [-0.1, -0.05) is 60.7 Å². The van der Waals surface area contributed by atoms with Gasteiger partial charge in [-0.15, -0.1) is 0 Å². The van der Waals surface area contributed by atoms with Crippen LogP contribution in [0.2, 0.25) is 0 Å². The fraction of sp³-hybridized carbons (Fsp3) is 0.0417. The zero-order valence-corrected chi connectivity index (χ0v) is 15.0. The van der Waals surface area contributed by atoms with Crippen LogP contribution in [0, 0.1) is 0 Å². The van der Waals surface area contributed by atoms with E-state index < -0.39 is 0 Å². The topological polar surface area (TPSA) is 38.3 Å². The van der Waals surface area contributed by atoms with Crippen LogP contribution in [-0.2, 0) is 0 Å². The molecule has 0 atom stereocenters. The van der Waals surface area contributed by atoms with Crippen LogP contribution in [0.15, 0.2) is 91.0 Å². The van der Waals surface area contributed by atoms with Crippen LogP contribution in [0.25, 0.3) is 21.9 Å². The van der Waals surface area contributed by atoms with Crippen LogP contribution >= 0.6 is 0 Å². The van der Waals surface area contributed by atoms with Crippen LogP contribution in [0.1, 0.15) is 10.4 Å². The number of carbonyl (C=O) groups is 1. The van der Waals surface area contributed by atoms with Gasteiger partial charge in [-0.2, -0.15) is 0 Å². The highest BCUT2D eigenvalue weighted by atomic mass is 16.5. The van der Waals surface area contributed by atoms with Crippen molar-refractivity contribution in [3.63, 3.8) is 0 Å². The Balaban J connectivity index is 1.63. The average Bonchev–Trinajstić information content (AvgIpc) is 2.73. The molecule has 0 spiro atoms. The van der Waals surface area contributed by atoms with Crippen molar-refractivity contribution < 1.29 is 9.53 Å². The van der Waals surface area contributed by atoms with Crippen molar-refractivity contribution in [3.05, 3.63) is 96.6 Å². The molecule has 0 aliphatic rings. The zero-order chi connectivity index (χ0) is 18.6. The Morgan fingerprint density at radius 1 is 0.741 bits per heavy atom. The van der Waals surface area contributed by atoms with Gasteiger partial charge in [0.05, 0.1) is 12.7 Å². The maximum Gasteiger partial charge on any atom is 0.259 e. The zero-order valence-electron chi connectivity index (χ0n) is 15.0. The van der Waals surface area contributed by atoms with Crippen molar-refractivity contribution >= 4 is 22.4 Å². The summed E-state index contributed by atoms with van der Waals surface area (Å²) < 4.78 is 5.28. The van der Waals surface area contributed by atoms with Crippen LogP contribution in [0.4, 0.5) is 5.69 Å². The first-order chi connectivity index (χ1) is 13.2. The van der Waals surface area contributed by atoms with Crippen molar-refractivity contribution in [3.8, 4) is 16.9 Å². The molecule has 4 rings (SSSR count). The Kier molecular flexibility index (Phi) is 4.58. The lowest BCUT2D eigenvalue weighted by Gasteiger charge is -2.11. The molecule has 3 nitrogen and oxygen atoms in total. The number of ether oxygens (including phenoxy) is 1. The summed E-state index contributed by atoms with van der Waals surface area (Å²) in [5, 5.41) is 5.36. The van der Waals surface area contributed by atoms with E-state index in [1.165, 1.54) is 10.8 Å². The summed E-state index contributed by atoms with van der Waals surface area (Å²) in [7, 11) is 1.56. The molecular weight excluding hydrogens is 334 g/mol. The summed E-state index contributed by atoms with van der Waals surface area (Å²) in [6.07, 6.45) is 0. The number of rotatable bonds is 4. The van der Waals surface area contributed by atoms with E-state index in [2.05, 4.69) is 35.6 Å². The van der Waals surface area contributed by atoms with Crippen molar-refractivity contribution in [2.24, 2.45) is 0 Å². The van der Waals surface area contributed by atoms with Crippen molar-refractivity contribution in [1.82, 2.24) is 0 Å². The van der Waals surface area contributed by atoms with E-state index in [0.29, 0.717) is 11.3 Å². The molecule has 0 aliphatic carbocycles. The molecule has 0 saturated heterocycles. The fourth-order valence-corrected chi connectivity index (χ4v) is 3.18. The minimum absolute atomic E-state index is 0.192. The maximum atomic E-state index is 12.6. The molecule has 0 bridgehead atoms. The molecule has 0 fully saturated rings. The molecule has 1 amide bonds. The Labute approximate surface area is 158 Å². The van der Waals surface area contributed by atoms with Gasteiger partial charge in [0, 0.05) is 5.69 Å². The second kappa shape index (κ2) is 7.34. The molecular formula is C24H19NO2. The van der Waals surface area contributed by atoms with Gasteiger partial charge in [0.1, 0.15) is 5.75 Å². The quantitative estimate of drug-likeness (QED) is 0.506. The summed E-state index contributed by atoms with van der Waals surface area (Å²) in [6.45, 7) is 0. The predicted octanol–water partition coefficient (Wildman–Crippen LogP) is 5.77. The number of anilines is 1. The SMILES string of the molecule is COc1ccccc1C(=O)Nc1cccc(-c2ccc3ccccc3c2)c1. The molecule has 0 unspecified atom stereocenters. The highest BCUT2D eigenvalue weighted by Crippen LogP contribution is 2.27. The van der Waals surface area contributed by atoms with Crippen molar-refractivity contribution in [2.75, 3.05) is 12.4 Å². The number of hydrogen-bond acceptors (Lipinski definition) is 2. The van der Waals surface area contributed by atoms with E-state index in [0.717, 1.165) is 16.8 Å². The van der Waals surface area contributed by atoms with Crippen LogP contribution in [-0.4, -0.2) is 13.0 Å². The first kappa shape index (κ1) is 16.9. The maximum absolute atomic E-state index is 12.6. The first-order valence-corrected chi connectivity index (χ1v) is 8.78. The largest absolute Gasteiger partial charge is 0.496 e. The fourth-order valence-electron chi connectivity index (χ4n) is 3.18. The summed E-state index contributed by atoms with van der Waals surface area (Å²) in [5.74, 6) is 0.365. The van der Waals surface area contributed by atoms with Gasteiger partial charge >= 0.3 is 0 Å². The van der Waals surface area contributed by atoms with Crippen molar-refractivity contribution in [1.29, 1.82) is 0 Å². The number of carbonyl (C=O) groups excluding carboxylic acids is 1. The molecule has 132 valence electrons. The lowest BCUT2D eigenvalue weighted by Crippen LogP contribution is -2.13. The molecule has 4 aromatic carbocycles. The predicted molar refractivity (Wildman–Crippen MR) is 110 cm³/mol. The van der Waals surface area contributed by atoms with Gasteiger partial charge in [-0.25, -0.2) is 0 Å². The highest BCUT2D eigenvalue weighted by Gasteiger charge is 2.12. The normalized spacial score (nSPS) is 10.6. The Hall–Kier alpha value is -3.59. The first-order valence-electron chi connectivity index (χ1n) is 8.78. The monoisotopic (exact) mass is 353 g/mol. The summed E-state index contributed by atoms with van der Waals surface area (Å²) >= 11 is 0. The summed E-state index contributed by atoms with van der Waals surface area (Å²) in [6, 6.07) is 29.7. The molecule has 0 radical (unpaired) electrons. The molecule has 27 heavy (non-hydrogen) atoms. The number of hydrogen-bond donors (Lipinski definition) is 1. The molecule has 3 heteroatoms. The van der Waals surface area contributed by atoms with E-state index in [9.17, 15) is 4.79 Å². The smallest absolute Gasteiger partial charge is 0.259 e. The molecule has 0 aromatic heterocycles. The molecule has 0 heterocycles. The Morgan fingerprint density at radius 2 is 1.48 bits per heavy atom. The van der Waals surface area contributed by atoms with Gasteiger partial charge in [0.15, 0.2) is 0 Å². The van der Waals surface area contributed by atoms with Crippen LogP contribution in [0.5, 0.6) is 5.75 Å². The third kappa shape index (κ3) is 3.53. The van der Waals surface area contributed by atoms with E-state index in [-0.39, 0.29) is 5.91 Å². The number of fused-ring (bicyclic) bond motifs is 1. The minimum Gasteiger partial charge on any atom is -0.496 e. The second-order valence-corrected chi connectivity index (χ2v) is 6.30. The average molecular weight is 353 g/mol. The van der Waals surface area contributed by atoms with Crippen molar-refractivity contribution in [2.45, 2.75) is 0 Å². The second-order valence-electron chi connectivity index (χ2n) is 6.30. The Bertz CT molecular complexity index is 1120. The van der Waals surface area contributed by atoms with E-state index in [4.69, 9.17) is 4.74 Å². The minimum atomic E-state index is -0.192. The van der Waals surface area contributed by atoms with Crippen LogP contribution in [0.3, 0.4) is 0 Å². The van der Waals surface area contributed by atoms with Gasteiger partial charge in [0.25, 0.3) is 5.91 Å². The number of benzene rings is 4. The number of nitrogens with one attached hydrogen (secondary N) is 1. The van der Waals surface area contributed by atoms with E-state index in [1.807, 2.05) is 48.5 Å².